The van der Waals surface area contributed by atoms with Gasteiger partial charge in [-0.2, -0.15) is 0 Å². The topological polar surface area (TPSA) is 41.6 Å². The van der Waals surface area contributed by atoms with E-state index in [0.29, 0.717) is 6.61 Å². The van der Waals surface area contributed by atoms with Gasteiger partial charge in [-0.25, -0.2) is 4.79 Å². The van der Waals surface area contributed by atoms with Gasteiger partial charge >= 0.3 is 5.97 Å². The van der Waals surface area contributed by atoms with Gasteiger partial charge in [0.2, 0.25) is 0 Å². The third-order valence-electron chi connectivity index (χ3n) is 5.03. The fourth-order valence-electron chi connectivity index (χ4n) is 3.58. The van der Waals surface area contributed by atoms with Crippen LogP contribution in [0.25, 0.3) is 0 Å². The Morgan fingerprint density at radius 3 is 2.50 bits per heavy atom. The molecule has 0 aromatic heterocycles. The molecule has 0 amide bonds. The largest absolute Gasteiger partial charge is 0.464 e. The molecular weight excluding hydrogens is 324 g/mol. The number of carbonyl (C=O) groups is 1. The van der Waals surface area contributed by atoms with Crippen molar-refractivity contribution in [3.05, 3.63) is 65.7 Å². The van der Waals surface area contributed by atoms with Crippen molar-refractivity contribution in [3.8, 4) is 0 Å². The lowest BCUT2D eigenvalue weighted by atomic mass is 9.86. The molecule has 1 saturated heterocycles. The monoisotopic (exact) mass is 352 g/mol. The van der Waals surface area contributed by atoms with Crippen LogP contribution in [0.2, 0.25) is 0 Å². The van der Waals surface area contributed by atoms with Crippen molar-refractivity contribution in [3.63, 3.8) is 0 Å². The number of nitrogens with one attached hydrogen (secondary N) is 1. The highest BCUT2D eigenvalue weighted by Crippen LogP contribution is 2.29. The molecule has 0 unspecified atom stereocenters. The van der Waals surface area contributed by atoms with Crippen molar-refractivity contribution < 1.29 is 9.53 Å². The maximum Gasteiger partial charge on any atom is 0.331 e. The van der Waals surface area contributed by atoms with E-state index in [9.17, 15) is 4.79 Å². The number of hydrogen-bond acceptors (Lipinski definition) is 4. The maximum absolute atomic E-state index is 12.8. The van der Waals surface area contributed by atoms with Crippen molar-refractivity contribution in [1.29, 1.82) is 0 Å². The molecular formula is C22H28N2O2. The molecule has 0 saturated carbocycles. The number of carbonyl (C=O) groups excluding carboxylic acids is 1. The average molecular weight is 352 g/mol. The first-order valence-electron chi connectivity index (χ1n) is 9.40. The van der Waals surface area contributed by atoms with Crippen LogP contribution in [0, 0.1) is 6.92 Å². The van der Waals surface area contributed by atoms with Crippen molar-refractivity contribution in [2.75, 3.05) is 25.0 Å². The SMILES string of the molecule is CCOC(=O)C1(Nc2cccc(C)c2)CCN(Cc2ccccc2)CC1. The molecule has 3 rings (SSSR count). The molecule has 2 aromatic carbocycles. The Morgan fingerprint density at radius 1 is 1.12 bits per heavy atom. The van der Waals surface area contributed by atoms with E-state index in [1.807, 2.05) is 25.1 Å². The maximum atomic E-state index is 12.8. The van der Waals surface area contributed by atoms with Crippen LogP contribution < -0.4 is 5.32 Å². The second-order valence-corrected chi connectivity index (χ2v) is 7.06. The number of nitrogens with zero attached hydrogens (tertiary/aromatic N) is 1. The molecule has 0 atom stereocenters. The first kappa shape index (κ1) is 18.5. The van der Waals surface area contributed by atoms with Crippen LogP contribution in [0.1, 0.15) is 30.9 Å². The van der Waals surface area contributed by atoms with Gasteiger partial charge in [-0.15, -0.1) is 0 Å². The van der Waals surface area contributed by atoms with Crippen molar-refractivity contribution in [2.45, 2.75) is 38.8 Å². The zero-order chi connectivity index (χ0) is 18.4. The summed E-state index contributed by atoms with van der Waals surface area (Å²) in [5.74, 6) is -0.138. The molecule has 2 aromatic rings. The lowest BCUT2D eigenvalue weighted by Gasteiger charge is -2.41. The predicted molar refractivity (Wildman–Crippen MR) is 105 cm³/mol. The number of esters is 1. The Morgan fingerprint density at radius 2 is 1.85 bits per heavy atom. The van der Waals surface area contributed by atoms with E-state index in [2.05, 4.69) is 53.5 Å². The molecule has 1 fully saturated rings. The first-order valence-corrected chi connectivity index (χ1v) is 9.40. The number of aryl methyl sites for hydroxylation is 1. The first-order chi connectivity index (χ1) is 12.6. The fourth-order valence-corrected chi connectivity index (χ4v) is 3.58. The number of hydrogen-bond donors (Lipinski definition) is 1. The van der Waals surface area contributed by atoms with E-state index in [0.717, 1.165) is 38.2 Å². The molecule has 0 spiro atoms. The summed E-state index contributed by atoms with van der Waals surface area (Å²) in [6.07, 6.45) is 1.49. The number of anilines is 1. The summed E-state index contributed by atoms with van der Waals surface area (Å²) in [5, 5.41) is 3.50. The lowest BCUT2D eigenvalue weighted by Crippen LogP contribution is -2.55. The molecule has 26 heavy (non-hydrogen) atoms. The summed E-state index contributed by atoms with van der Waals surface area (Å²) in [4.78, 5) is 15.2. The highest BCUT2D eigenvalue weighted by Gasteiger charge is 2.42. The van der Waals surface area contributed by atoms with E-state index in [-0.39, 0.29) is 5.97 Å². The van der Waals surface area contributed by atoms with Gasteiger partial charge in [-0.1, -0.05) is 42.5 Å². The quantitative estimate of drug-likeness (QED) is 0.798. The van der Waals surface area contributed by atoms with Gasteiger partial charge in [0.05, 0.1) is 6.61 Å². The smallest absolute Gasteiger partial charge is 0.331 e. The van der Waals surface area contributed by atoms with E-state index >= 15 is 0 Å². The van der Waals surface area contributed by atoms with Gasteiger partial charge in [0.15, 0.2) is 0 Å². The number of benzene rings is 2. The third kappa shape index (κ3) is 4.44. The molecule has 1 aliphatic heterocycles. The van der Waals surface area contributed by atoms with E-state index in [4.69, 9.17) is 4.74 Å². The summed E-state index contributed by atoms with van der Waals surface area (Å²) >= 11 is 0. The highest BCUT2D eigenvalue weighted by atomic mass is 16.5. The summed E-state index contributed by atoms with van der Waals surface area (Å²) in [5.41, 5.74) is 2.82. The van der Waals surface area contributed by atoms with Crippen molar-refractivity contribution >= 4 is 11.7 Å². The van der Waals surface area contributed by atoms with Crippen LogP contribution in [0.4, 0.5) is 5.69 Å². The number of piperidine rings is 1. The number of rotatable bonds is 6. The molecule has 1 aliphatic rings. The summed E-state index contributed by atoms with van der Waals surface area (Å²) in [6.45, 7) is 6.99. The minimum absolute atomic E-state index is 0.138. The lowest BCUT2D eigenvalue weighted by molar-refractivity contribution is -0.150. The molecule has 1 N–H and O–H groups in total. The molecule has 1 heterocycles. The highest BCUT2D eigenvalue weighted by molar-refractivity contribution is 5.85. The van der Waals surface area contributed by atoms with E-state index < -0.39 is 5.54 Å². The number of likely N-dealkylation sites (tertiary alicyclic amines) is 1. The molecule has 0 aliphatic carbocycles. The summed E-state index contributed by atoms with van der Waals surface area (Å²) in [7, 11) is 0. The van der Waals surface area contributed by atoms with Gasteiger partial charge in [0.25, 0.3) is 0 Å². The van der Waals surface area contributed by atoms with Gasteiger partial charge in [-0.05, 0) is 49.9 Å². The molecule has 138 valence electrons. The Labute approximate surface area is 156 Å². The van der Waals surface area contributed by atoms with Crippen LogP contribution in [0.15, 0.2) is 54.6 Å². The molecule has 0 bridgehead atoms. The minimum atomic E-state index is -0.642. The average Bonchev–Trinajstić information content (AvgIpc) is 2.64. The van der Waals surface area contributed by atoms with Crippen molar-refractivity contribution in [1.82, 2.24) is 4.90 Å². The van der Waals surface area contributed by atoms with E-state index in [1.165, 1.54) is 11.1 Å². The Balaban J connectivity index is 1.71. The van der Waals surface area contributed by atoms with Crippen LogP contribution in [-0.4, -0.2) is 36.1 Å². The number of ether oxygens (including phenoxy) is 1. The summed E-state index contributed by atoms with van der Waals surface area (Å²) in [6, 6.07) is 18.7. The minimum Gasteiger partial charge on any atom is -0.464 e. The Hall–Kier alpha value is -2.33. The van der Waals surface area contributed by atoms with Crippen LogP contribution in [0.3, 0.4) is 0 Å². The second-order valence-electron chi connectivity index (χ2n) is 7.06. The van der Waals surface area contributed by atoms with Gasteiger partial charge < -0.3 is 10.1 Å². The van der Waals surface area contributed by atoms with Gasteiger partial charge in [0, 0.05) is 25.3 Å². The zero-order valence-corrected chi connectivity index (χ0v) is 15.7. The van der Waals surface area contributed by atoms with E-state index in [1.54, 1.807) is 0 Å². The molecule has 4 heteroatoms. The standard InChI is InChI=1S/C22H28N2O2/c1-3-26-21(25)22(23-20-11-7-8-18(2)16-20)12-14-24(15-13-22)17-19-9-5-4-6-10-19/h4-11,16,23H,3,12-15,17H2,1-2H3. The van der Waals surface area contributed by atoms with Crippen LogP contribution in [0.5, 0.6) is 0 Å². The summed E-state index contributed by atoms with van der Waals surface area (Å²) < 4.78 is 5.42. The normalized spacial score (nSPS) is 16.8. The van der Waals surface area contributed by atoms with Gasteiger partial charge in [0.1, 0.15) is 5.54 Å². The Kier molecular flexibility index (Phi) is 5.94. The molecule has 4 nitrogen and oxygen atoms in total. The molecule has 0 radical (unpaired) electrons. The van der Waals surface area contributed by atoms with Crippen LogP contribution in [-0.2, 0) is 16.1 Å². The van der Waals surface area contributed by atoms with Crippen molar-refractivity contribution in [2.24, 2.45) is 0 Å². The van der Waals surface area contributed by atoms with Gasteiger partial charge in [-0.3, -0.25) is 4.90 Å². The second kappa shape index (κ2) is 8.37. The third-order valence-corrected chi connectivity index (χ3v) is 5.03. The predicted octanol–water partition coefficient (Wildman–Crippen LogP) is 4.00. The van der Waals surface area contributed by atoms with Crippen LogP contribution >= 0.6 is 0 Å². The Bertz CT molecular complexity index is 722. The fraction of sp³-hybridized carbons (Fsp3) is 0.409. The zero-order valence-electron chi connectivity index (χ0n) is 15.7.